The van der Waals surface area contributed by atoms with Crippen molar-refractivity contribution in [1.82, 2.24) is 10.2 Å². The van der Waals surface area contributed by atoms with E-state index in [4.69, 9.17) is 0 Å². The van der Waals surface area contributed by atoms with Crippen molar-refractivity contribution in [2.75, 3.05) is 38.0 Å². The van der Waals surface area contributed by atoms with Gasteiger partial charge in [0, 0.05) is 19.2 Å². The molecule has 0 radical (unpaired) electrons. The van der Waals surface area contributed by atoms with E-state index in [1.165, 1.54) is 36.3 Å². The maximum atomic E-state index is 12.8. The van der Waals surface area contributed by atoms with Crippen LogP contribution in [-0.2, 0) is 10.0 Å². The fraction of sp³-hybridized carbons (Fsp3) is 0.409. The van der Waals surface area contributed by atoms with Crippen LogP contribution in [0.4, 0.5) is 5.69 Å². The monoisotopic (exact) mass is 415 g/mol. The van der Waals surface area contributed by atoms with Gasteiger partial charge in [0.25, 0.3) is 15.9 Å². The predicted molar refractivity (Wildman–Crippen MR) is 116 cm³/mol. The molecule has 29 heavy (non-hydrogen) atoms. The molecule has 1 saturated heterocycles. The molecule has 0 bridgehead atoms. The van der Waals surface area contributed by atoms with E-state index in [1.807, 2.05) is 6.07 Å². The van der Waals surface area contributed by atoms with Crippen LogP contribution in [0.1, 0.15) is 29.6 Å². The molecule has 1 heterocycles. The third-order valence-corrected chi connectivity index (χ3v) is 7.37. The number of hydrogen-bond donors (Lipinski definition) is 1. The number of benzene rings is 2. The van der Waals surface area contributed by atoms with E-state index in [9.17, 15) is 13.2 Å². The molecule has 1 N–H and O–H groups in total. The van der Waals surface area contributed by atoms with Crippen molar-refractivity contribution in [3.8, 4) is 0 Å². The highest BCUT2D eigenvalue weighted by molar-refractivity contribution is 7.92. The Morgan fingerprint density at radius 2 is 1.69 bits per heavy atom. The Labute approximate surface area is 173 Å². The topological polar surface area (TPSA) is 69.7 Å². The SMILES string of the molecule is CN1CCC(CCNC(=O)c2ccc(S(=O)(=O)N(C)c3ccccc3)cc2)CC1. The Hall–Kier alpha value is -2.38. The third kappa shape index (κ3) is 5.36. The van der Waals surface area contributed by atoms with Gasteiger partial charge in [0.2, 0.25) is 0 Å². The average Bonchev–Trinajstić information content (AvgIpc) is 2.75. The lowest BCUT2D eigenvalue weighted by Crippen LogP contribution is -2.32. The predicted octanol–water partition coefficient (Wildman–Crippen LogP) is 2.97. The fourth-order valence-electron chi connectivity index (χ4n) is 3.56. The maximum absolute atomic E-state index is 12.8. The van der Waals surface area contributed by atoms with Crippen LogP contribution >= 0.6 is 0 Å². The molecule has 1 aliphatic rings. The number of carbonyl (C=O) groups is 1. The second-order valence-corrected chi connectivity index (χ2v) is 9.59. The molecular formula is C22H29N3O3S. The Morgan fingerprint density at radius 3 is 2.31 bits per heavy atom. The van der Waals surface area contributed by atoms with Crippen molar-refractivity contribution in [3.05, 3.63) is 60.2 Å². The van der Waals surface area contributed by atoms with Crippen LogP contribution < -0.4 is 9.62 Å². The van der Waals surface area contributed by atoms with Crippen LogP contribution in [0.2, 0.25) is 0 Å². The molecule has 156 valence electrons. The summed E-state index contributed by atoms with van der Waals surface area (Å²) in [6.07, 6.45) is 3.33. The summed E-state index contributed by atoms with van der Waals surface area (Å²) in [6, 6.07) is 15.0. The van der Waals surface area contributed by atoms with E-state index in [2.05, 4.69) is 17.3 Å². The normalized spacial score (nSPS) is 15.8. The number of piperidine rings is 1. The highest BCUT2D eigenvalue weighted by Gasteiger charge is 2.21. The van der Waals surface area contributed by atoms with Crippen molar-refractivity contribution in [3.63, 3.8) is 0 Å². The lowest BCUT2D eigenvalue weighted by molar-refractivity contribution is 0.0949. The van der Waals surface area contributed by atoms with Crippen LogP contribution in [0.25, 0.3) is 0 Å². The first kappa shape index (κ1) is 21.3. The van der Waals surface area contributed by atoms with Gasteiger partial charge >= 0.3 is 0 Å². The molecular weight excluding hydrogens is 386 g/mol. The highest BCUT2D eigenvalue weighted by Crippen LogP contribution is 2.22. The number of nitrogens with one attached hydrogen (secondary N) is 1. The van der Waals surface area contributed by atoms with Crippen molar-refractivity contribution in [2.45, 2.75) is 24.2 Å². The van der Waals surface area contributed by atoms with Crippen LogP contribution in [-0.4, -0.2) is 53.0 Å². The van der Waals surface area contributed by atoms with Crippen molar-refractivity contribution in [1.29, 1.82) is 0 Å². The lowest BCUT2D eigenvalue weighted by Gasteiger charge is -2.28. The minimum absolute atomic E-state index is 0.159. The average molecular weight is 416 g/mol. The standard InChI is InChI=1S/C22H29N3O3S/c1-24-16-13-18(14-17-24)12-15-23-22(26)19-8-10-21(11-9-19)29(27,28)25(2)20-6-4-3-5-7-20/h3-11,18H,12-17H2,1-2H3,(H,23,26). The molecule has 0 spiro atoms. The first-order valence-corrected chi connectivity index (χ1v) is 11.4. The van der Waals surface area contributed by atoms with E-state index in [0.29, 0.717) is 23.7 Å². The summed E-state index contributed by atoms with van der Waals surface area (Å²) in [4.78, 5) is 14.9. The summed E-state index contributed by atoms with van der Waals surface area (Å²) in [5, 5.41) is 2.95. The van der Waals surface area contributed by atoms with Crippen LogP contribution in [0, 0.1) is 5.92 Å². The van der Waals surface area contributed by atoms with Gasteiger partial charge in [0.05, 0.1) is 10.6 Å². The molecule has 7 heteroatoms. The zero-order valence-electron chi connectivity index (χ0n) is 17.0. The molecule has 0 aromatic heterocycles. The fourth-order valence-corrected chi connectivity index (χ4v) is 4.75. The largest absolute Gasteiger partial charge is 0.352 e. The van der Waals surface area contributed by atoms with E-state index >= 15 is 0 Å². The number of nitrogens with zero attached hydrogens (tertiary/aromatic N) is 2. The van der Waals surface area contributed by atoms with Gasteiger partial charge in [-0.3, -0.25) is 9.10 Å². The molecule has 0 unspecified atom stereocenters. The maximum Gasteiger partial charge on any atom is 0.264 e. The first-order valence-electron chi connectivity index (χ1n) is 9.98. The summed E-state index contributed by atoms with van der Waals surface area (Å²) >= 11 is 0. The molecule has 0 atom stereocenters. The zero-order valence-corrected chi connectivity index (χ0v) is 17.9. The number of carbonyl (C=O) groups excluding carboxylic acids is 1. The number of amides is 1. The number of anilines is 1. The third-order valence-electron chi connectivity index (χ3n) is 5.57. The number of sulfonamides is 1. The second-order valence-electron chi connectivity index (χ2n) is 7.62. The summed E-state index contributed by atoms with van der Waals surface area (Å²) in [5.74, 6) is 0.492. The smallest absolute Gasteiger partial charge is 0.264 e. The molecule has 0 saturated carbocycles. The van der Waals surface area contributed by atoms with Crippen molar-refractivity contribution in [2.24, 2.45) is 5.92 Å². The highest BCUT2D eigenvalue weighted by atomic mass is 32.2. The minimum atomic E-state index is -3.67. The molecule has 3 rings (SSSR count). The van der Waals surface area contributed by atoms with Gasteiger partial charge < -0.3 is 10.2 Å². The van der Waals surface area contributed by atoms with Gasteiger partial charge in [-0.25, -0.2) is 8.42 Å². The van der Waals surface area contributed by atoms with E-state index in [0.717, 1.165) is 19.5 Å². The Morgan fingerprint density at radius 1 is 1.07 bits per heavy atom. The van der Waals surface area contributed by atoms with Gasteiger partial charge in [0.15, 0.2) is 0 Å². The summed E-state index contributed by atoms with van der Waals surface area (Å²) in [6.45, 7) is 2.88. The molecule has 6 nitrogen and oxygen atoms in total. The molecule has 0 aliphatic carbocycles. The minimum Gasteiger partial charge on any atom is -0.352 e. The number of para-hydroxylation sites is 1. The van der Waals surface area contributed by atoms with E-state index in [-0.39, 0.29) is 10.8 Å². The first-order chi connectivity index (χ1) is 13.9. The molecule has 1 fully saturated rings. The number of hydrogen-bond acceptors (Lipinski definition) is 4. The Bertz CT molecular complexity index is 906. The van der Waals surface area contributed by atoms with Gasteiger partial charge in [0.1, 0.15) is 0 Å². The Kier molecular flexibility index (Phi) is 6.92. The number of rotatable bonds is 7. The van der Waals surface area contributed by atoms with Gasteiger partial charge in [-0.05, 0) is 81.7 Å². The quantitative estimate of drug-likeness (QED) is 0.755. The molecule has 2 aromatic carbocycles. The zero-order chi connectivity index (χ0) is 20.9. The lowest BCUT2D eigenvalue weighted by atomic mass is 9.94. The van der Waals surface area contributed by atoms with Crippen LogP contribution in [0.3, 0.4) is 0 Å². The van der Waals surface area contributed by atoms with Crippen molar-refractivity contribution < 1.29 is 13.2 Å². The summed E-state index contributed by atoms with van der Waals surface area (Å²) < 4.78 is 26.9. The molecule has 1 amide bonds. The van der Waals surface area contributed by atoms with Crippen molar-refractivity contribution >= 4 is 21.6 Å². The second kappa shape index (κ2) is 9.41. The van der Waals surface area contributed by atoms with Gasteiger partial charge in [-0.2, -0.15) is 0 Å². The van der Waals surface area contributed by atoms with E-state index in [1.54, 1.807) is 36.4 Å². The summed E-state index contributed by atoms with van der Waals surface area (Å²) in [7, 11) is -0.0123. The summed E-state index contributed by atoms with van der Waals surface area (Å²) in [5.41, 5.74) is 1.05. The van der Waals surface area contributed by atoms with Gasteiger partial charge in [-0.15, -0.1) is 0 Å². The molecule has 2 aromatic rings. The van der Waals surface area contributed by atoms with Crippen LogP contribution in [0.15, 0.2) is 59.5 Å². The number of likely N-dealkylation sites (tertiary alicyclic amines) is 1. The van der Waals surface area contributed by atoms with E-state index < -0.39 is 10.0 Å². The van der Waals surface area contributed by atoms with Gasteiger partial charge in [-0.1, -0.05) is 18.2 Å². The molecule has 1 aliphatic heterocycles. The Balaban J connectivity index is 1.57. The van der Waals surface area contributed by atoms with Crippen LogP contribution in [0.5, 0.6) is 0 Å².